The zero-order valence-corrected chi connectivity index (χ0v) is 8.37. The van der Waals surface area contributed by atoms with Crippen LogP contribution in [0.1, 0.15) is 32.4 Å². The summed E-state index contributed by atoms with van der Waals surface area (Å²) in [6.07, 6.45) is 1.84. The summed E-state index contributed by atoms with van der Waals surface area (Å²) in [5.74, 6) is 0.349. The van der Waals surface area contributed by atoms with Gasteiger partial charge in [-0.25, -0.2) is 4.79 Å². The number of rotatable bonds is 3. The number of hydrogen-bond donors (Lipinski definition) is 2. The summed E-state index contributed by atoms with van der Waals surface area (Å²) in [6.45, 7) is 6.54. The van der Waals surface area contributed by atoms with Crippen molar-refractivity contribution in [2.75, 3.05) is 0 Å². The lowest BCUT2D eigenvalue weighted by molar-refractivity contribution is 0.575. The zero-order valence-electron chi connectivity index (χ0n) is 8.37. The van der Waals surface area contributed by atoms with E-state index in [-0.39, 0.29) is 11.7 Å². The first-order valence-corrected chi connectivity index (χ1v) is 4.55. The maximum Gasteiger partial charge on any atom is 0.325 e. The third-order valence-corrected chi connectivity index (χ3v) is 1.91. The third kappa shape index (κ3) is 2.45. The number of imidazole rings is 1. The minimum absolute atomic E-state index is 0.00788. The number of H-pyrrole nitrogens is 1. The summed E-state index contributed by atoms with van der Waals surface area (Å²) < 4.78 is 1.62. The standard InChI is InChI=1S/C9H17N3O/c1-6(2)8-5-12(4-7(3)10)9(13)11-8/h5-7H,4,10H2,1-3H3,(H,11,13). The summed E-state index contributed by atoms with van der Waals surface area (Å²) in [7, 11) is 0. The molecule has 1 heterocycles. The van der Waals surface area contributed by atoms with Crippen LogP contribution < -0.4 is 11.4 Å². The van der Waals surface area contributed by atoms with Gasteiger partial charge in [0.15, 0.2) is 0 Å². The van der Waals surface area contributed by atoms with Crippen LogP contribution in [-0.2, 0) is 6.54 Å². The molecule has 1 aromatic rings. The van der Waals surface area contributed by atoms with Gasteiger partial charge >= 0.3 is 5.69 Å². The second-order valence-corrected chi connectivity index (χ2v) is 3.80. The van der Waals surface area contributed by atoms with Gasteiger partial charge in [0, 0.05) is 24.5 Å². The van der Waals surface area contributed by atoms with Gasteiger partial charge in [-0.1, -0.05) is 13.8 Å². The first kappa shape index (κ1) is 10.1. The molecule has 0 bridgehead atoms. The normalized spacial score (nSPS) is 13.6. The molecule has 1 aromatic heterocycles. The van der Waals surface area contributed by atoms with Crippen LogP contribution in [0.5, 0.6) is 0 Å². The molecule has 1 atom stereocenters. The Bertz CT molecular complexity index is 322. The van der Waals surface area contributed by atoms with E-state index in [1.165, 1.54) is 0 Å². The maximum atomic E-state index is 11.3. The Labute approximate surface area is 77.8 Å². The molecule has 3 N–H and O–H groups in total. The number of hydrogen-bond acceptors (Lipinski definition) is 2. The highest BCUT2D eigenvalue weighted by Gasteiger charge is 2.06. The Kier molecular flexibility index (Phi) is 2.93. The molecule has 0 amide bonds. The lowest BCUT2D eigenvalue weighted by Crippen LogP contribution is -2.27. The summed E-state index contributed by atoms with van der Waals surface area (Å²) in [6, 6.07) is 0.00788. The quantitative estimate of drug-likeness (QED) is 0.722. The van der Waals surface area contributed by atoms with Gasteiger partial charge in [0.2, 0.25) is 0 Å². The van der Waals surface area contributed by atoms with Crippen LogP contribution in [0.3, 0.4) is 0 Å². The van der Waals surface area contributed by atoms with E-state index in [9.17, 15) is 4.79 Å². The highest BCUT2D eigenvalue weighted by atomic mass is 16.1. The van der Waals surface area contributed by atoms with Gasteiger partial charge in [-0.3, -0.25) is 4.57 Å². The summed E-state index contributed by atoms with van der Waals surface area (Å²) in [5.41, 5.74) is 6.50. The molecule has 0 spiro atoms. The van der Waals surface area contributed by atoms with Crippen LogP contribution in [0.4, 0.5) is 0 Å². The fourth-order valence-corrected chi connectivity index (χ4v) is 1.19. The predicted molar refractivity (Wildman–Crippen MR) is 52.8 cm³/mol. The Morgan fingerprint density at radius 1 is 1.54 bits per heavy atom. The summed E-state index contributed by atoms with van der Waals surface area (Å²) in [4.78, 5) is 14.1. The van der Waals surface area contributed by atoms with Crippen LogP contribution in [0.2, 0.25) is 0 Å². The van der Waals surface area contributed by atoms with Gasteiger partial charge in [-0.15, -0.1) is 0 Å². The topological polar surface area (TPSA) is 63.8 Å². The van der Waals surface area contributed by atoms with Crippen LogP contribution in [0.15, 0.2) is 11.0 Å². The van der Waals surface area contributed by atoms with Crippen molar-refractivity contribution in [3.05, 3.63) is 22.4 Å². The summed E-state index contributed by atoms with van der Waals surface area (Å²) >= 11 is 0. The minimum atomic E-state index is -0.0685. The molecule has 0 radical (unpaired) electrons. The van der Waals surface area contributed by atoms with E-state index < -0.39 is 0 Å². The van der Waals surface area contributed by atoms with Crippen molar-refractivity contribution in [3.63, 3.8) is 0 Å². The molecule has 0 saturated heterocycles. The van der Waals surface area contributed by atoms with E-state index in [4.69, 9.17) is 5.73 Å². The van der Waals surface area contributed by atoms with E-state index in [1.807, 2.05) is 27.0 Å². The molecule has 0 fully saturated rings. The zero-order chi connectivity index (χ0) is 10.0. The molecule has 1 rings (SSSR count). The molecule has 0 aromatic carbocycles. The average Bonchev–Trinajstić information content (AvgIpc) is 2.31. The van der Waals surface area contributed by atoms with Crippen LogP contribution in [-0.4, -0.2) is 15.6 Å². The number of aromatic amines is 1. The number of nitrogens with zero attached hydrogens (tertiary/aromatic N) is 1. The van der Waals surface area contributed by atoms with Gasteiger partial charge in [0.1, 0.15) is 0 Å². The molecule has 74 valence electrons. The average molecular weight is 183 g/mol. The van der Waals surface area contributed by atoms with Crippen molar-refractivity contribution >= 4 is 0 Å². The molecule has 13 heavy (non-hydrogen) atoms. The minimum Gasteiger partial charge on any atom is -0.326 e. The van der Waals surface area contributed by atoms with Gasteiger partial charge in [0.05, 0.1) is 0 Å². The predicted octanol–water partition coefficient (Wildman–Crippen LogP) is 0.647. The molecule has 0 saturated carbocycles. The molecule has 1 unspecified atom stereocenters. The second-order valence-electron chi connectivity index (χ2n) is 3.80. The Hall–Kier alpha value is -1.03. The molecule has 0 aliphatic heterocycles. The van der Waals surface area contributed by atoms with Crippen molar-refractivity contribution < 1.29 is 0 Å². The SMILES string of the molecule is CC(N)Cn1cc(C(C)C)[nH]c1=O. The number of nitrogens with one attached hydrogen (secondary N) is 1. The van der Waals surface area contributed by atoms with Crippen LogP contribution in [0.25, 0.3) is 0 Å². The maximum absolute atomic E-state index is 11.3. The van der Waals surface area contributed by atoms with Gasteiger partial charge < -0.3 is 10.7 Å². The van der Waals surface area contributed by atoms with Gasteiger partial charge in [0.25, 0.3) is 0 Å². The monoisotopic (exact) mass is 183 g/mol. The fourth-order valence-electron chi connectivity index (χ4n) is 1.19. The lowest BCUT2D eigenvalue weighted by Gasteiger charge is -2.03. The molecule has 4 nitrogen and oxygen atoms in total. The molecular formula is C9H17N3O. The largest absolute Gasteiger partial charge is 0.326 e. The van der Waals surface area contributed by atoms with Crippen molar-refractivity contribution in [1.82, 2.24) is 9.55 Å². The second kappa shape index (κ2) is 3.79. The van der Waals surface area contributed by atoms with E-state index in [2.05, 4.69) is 4.98 Å². The Morgan fingerprint density at radius 3 is 2.54 bits per heavy atom. The van der Waals surface area contributed by atoms with Gasteiger partial charge in [-0.2, -0.15) is 0 Å². The highest BCUT2D eigenvalue weighted by Crippen LogP contribution is 2.08. The molecular weight excluding hydrogens is 166 g/mol. The van der Waals surface area contributed by atoms with E-state index in [1.54, 1.807) is 4.57 Å². The third-order valence-electron chi connectivity index (χ3n) is 1.91. The van der Waals surface area contributed by atoms with Crippen molar-refractivity contribution in [1.29, 1.82) is 0 Å². The highest BCUT2D eigenvalue weighted by molar-refractivity contribution is 5.02. The molecule has 4 heteroatoms. The van der Waals surface area contributed by atoms with E-state index in [0.29, 0.717) is 12.5 Å². The van der Waals surface area contributed by atoms with Crippen LogP contribution >= 0.6 is 0 Å². The molecule has 0 aliphatic rings. The molecule has 0 aliphatic carbocycles. The van der Waals surface area contributed by atoms with Crippen molar-refractivity contribution in [2.24, 2.45) is 5.73 Å². The fraction of sp³-hybridized carbons (Fsp3) is 0.667. The van der Waals surface area contributed by atoms with Gasteiger partial charge in [-0.05, 0) is 12.8 Å². The number of aromatic nitrogens is 2. The van der Waals surface area contributed by atoms with E-state index >= 15 is 0 Å². The Balaban J connectivity index is 2.90. The summed E-state index contributed by atoms with van der Waals surface area (Å²) in [5, 5.41) is 0. The first-order chi connectivity index (χ1) is 6.00. The first-order valence-electron chi connectivity index (χ1n) is 4.55. The van der Waals surface area contributed by atoms with Crippen LogP contribution in [0, 0.1) is 0 Å². The Morgan fingerprint density at radius 2 is 2.15 bits per heavy atom. The lowest BCUT2D eigenvalue weighted by atomic mass is 10.2. The van der Waals surface area contributed by atoms with E-state index in [0.717, 1.165) is 5.69 Å². The number of nitrogens with two attached hydrogens (primary N) is 1. The smallest absolute Gasteiger partial charge is 0.325 e. The van der Waals surface area contributed by atoms with Crippen molar-refractivity contribution in [2.45, 2.75) is 39.3 Å². The van der Waals surface area contributed by atoms with Crippen molar-refractivity contribution in [3.8, 4) is 0 Å².